The Bertz CT molecular complexity index is 740. The quantitative estimate of drug-likeness (QED) is 0.712. The molecule has 1 aromatic carbocycles. The largest absolute Gasteiger partial charge is 0.495 e. The second kappa shape index (κ2) is 8.39. The van der Waals surface area contributed by atoms with Gasteiger partial charge in [-0.15, -0.1) is 0 Å². The summed E-state index contributed by atoms with van der Waals surface area (Å²) in [5.41, 5.74) is 0.380. The third kappa shape index (κ3) is 5.20. The smallest absolute Gasteiger partial charge is 0.254 e. The van der Waals surface area contributed by atoms with E-state index in [0.29, 0.717) is 18.0 Å². The zero-order chi connectivity index (χ0) is 19.5. The summed E-state index contributed by atoms with van der Waals surface area (Å²) in [5, 5.41) is 0. The zero-order valence-electron chi connectivity index (χ0n) is 16.3. The number of amides is 1. The minimum atomic E-state index is -3.76. The van der Waals surface area contributed by atoms with E-state index < -0.39 is 10.0 Å². The SMILES string of the molecule is COc1ccc(C(=O)N(CCC(C)C)C2CC2)cc1S(=O)(=O)NC(C)C. The van der Waals surface area contributed by atoms with Crippen molar-refractivity contribution in [2.75, 3.05) is 13.7 Å². The number of sulfonamides is 1. The summed E-state index contributed by atoms with van der Waals surface area (Å²) < 4.78 is 33.0. The van der Waals surface area contributed by atoms with Crippen molar-refractivity contribution in [3.8, 4) is 5.75 Å². The van der Waals surface area contributed by atoms with Gasteiger partial charge < -0.3 is 9.64 Å². The molecule has 26 heavy (non-hydrogen) atoms. The van der Waals surface area contributed by atoms with Gasteiger partial charge in [0.05, 0.1) is 7.11 Å². The molecule has 0 heterocycles. The fourth-order valence-electron chi connectivity index (χ4n) is 2.79. The molecule has 0 spiro atoms. The molecule has 1 aliphatic rings. The second-order valence-electron chi connectivity index (χ2n) is 7.55. The van der Waals surface area contributed by atoms with Crippen LogP contribution in [0.2, 0.25) is 0 Å². The Hall–Kier alpha value is -1.60. The van der Waals surface area contributed by atoms with Crippen LogP contribution >= 0.6 is 0 Å². The molecule has 1 aliphatic carbocycles. The van der Waals surface area contributed by atoms with Crippen molar-refractivity contribution < 1.29 is 17.9 Å². The number of benzene rings is 1. The predicted molar refractivity (Wildman–Crippen MR) is 102 cm³/mol. The van der Waals surface area contributed by atoms with Gasteiger partial charge in [0.1, 0.15) is 10.6 Å². The maximum atomic E-state index is 13.0. The summed E-state index contributed by atoms with van der Waals surface area (Å²) in [6.07, 6.45) is 2.96. The summed E-state index contributed by atoms with van der Waals surface area (Å²) in [6.45, 7) is 8.45. The second-order valence-corrected chi connectivity index (χ2v) is 9.24. The highest BCUT2D eigenvalue weighted by molar-refractivity contribution is 7.89. The highest BCUT2D eigenvalue weighted by Gasteiger charge is 2.33. The van der Waals surface area contributed by atoms with Gasteiger partial charge in [0.25, 0.3) is 5.91 Å². The van der Waals surface area contributed by atoms with E-state index in [-0.39, 0.29) is 28.6 Å². The number of nitrogens with zero attached hydrogens (tertiary/aromatic N) is 1. The Morgan fingerprint density at radius 1 is 1.27 bits per heavy atom. The van der Waals surface area contributed by atoms with Crippen LogP contribution in [0, 0.1) is 5.92 Å². The van der Waals surface area contributed by atoms with E-state index in [1.807, 2.05) is 4.90 Å². The molecule has 1 N–H and O–H groups in total. The first-order valence-corrected chi connectivity index (χ1v) is 10.7. The number of ether oxygens (including phenoxy) is 1. The number of methoxy groups -OCH3 is 1. The number of hydrogen-bond acceptors (Lipinski definition) is 4. The lowest BCUT2D eigenvalue weighted by Gasteiger charge is -2.24. The number of nitrogens with one attached hydrogen (secondary N) is 1. The van der Waals surface area contributed by atoms with Crippen molar-refractivity contribution in [1.29, 1.82) is 0 Å². The van der Waals surface area contributed by atoms with Crippen LogP contribution < -0.4 is 9.46 Å². The first-order chi connectivity index (χ1) is 12.2. The van der Waals surface area contributed by atoms with Gasteiger partial charge in [0.2, 0.25) is 10.0 Å². The number of rotatable bonds is 9. The van der Waals surface area contributed by atoms with Gasteiger partial charge in [-0.1, -0.05) is 13.8 Å². The molecule has 0 saturated heterocycles. The molecule has 0 aromatic heterocycles. The van der Waals surface area contributed by atoms with Crippen molar-refractivity contribution in [2.45, 2.75) is 63.9 Å². The molecule has 1 fully saturated rings. The molecule has 0 aliphatic heterocycles. The maximum Gasteiger partial charge on any atom is 0.254 e. The minimum Gasteiger partial charge on any atom is -0.495 e. The third-order valence-corrected chi connectivity index (χ3v) is 5.97. The normalized spacial score (nSPS) is 14.7. The Labute approximate surface area is 157 Å². The molecule has 1 amide bonds. The molecule has 0 unspecified atom stereocenters. The lowest BCUT2D eigenvalue weighted by atomic mass is 10.1. The number of carbonyl (C=O) groups is 1. The topological polar surface area (TPSA) is 75.7 Å². The molecule has 0 atom stereocenters. The van der Waals surface area contributed by atoms with Gasteiger partial charge in [-0.25, -0.2) is 13.1 Å². The van der Waals surface area contributed by atoms with E-state index in [0.717, 1.165) is 19.3 Å². The van der Waals surface area contributed by atoms with Crippen LogP contribution in [0.3, 0.4) is 0 Å². The highest BCUT2D eigenvalue weighted by atomic mass is 32.2. The first kappa shape index (κ1) is 20.7. The van der Waals surface area contributed by atoms with Crippen molar-refractivity contribution >= 4 is 15.9 Å². The van der Waals surface area contributed by atoms with E-state index in [1.165, 1.54) is 13.2 Å². The van der Waals surface area contributed by atoms with Crippen LogP contribution in [0.1, 0.15) is 57.3 Å². The van der Waals surface area contributed by atoms with Gasteiger partial charge in [0, 0.05) is 24.2 Å². The molecule has 1 saturated carbocycles. The van der Waals surface area contributed by atoms with Gasteiger partial charge in [-0.2, -0.15) is 0 Å². The lowest BCUT2D eigenvalue weighted by Crippen LogP contribution is -2.35. The summed E-state index contributed by atoms with van der Waals surface area (Å²) in [6, 6.07) is 4.64. The van der Waals surface area contributed by atoms with Crippen LogP contribution in [0.4, 0.5) is 0 Å². The monoisotopic (exact) mass is 382 g/mol. The van der Waals surface area contributed by atoms with E-state index >= 15 is 0 Å². The Morgan fingerprint density at radius 2 is 1.92 bits per heavy atom. The van der Waals surface area contributed by atoms with E-state index in [9.17, 15) is 13.2 Å². The van der Waals surface area contributed by atoms with Crippen LogP contribution in [0.5, 0.6) is 5.75 Å². The summed E-state index contributed by atoms with van der Waals surface area (Å²) in [7, 11) is -2.34. The maximum absolute atomic E-state index is 13.0. The average Bonchev–Trinajstić information content (AvgIpc) is 3.37. The Balaban J connectivity index is 2.34. The molecule has 2 rings (SSSR count). The molecular formula is C19H30N2O4S. The minimum absolute atomic E-state index is 0.000781. The lowest BCUT2D eigenvalue weighted by molar-refractivity contribution is 0.0735. The molecular weight excluding hydrogens is 352 g/mol. The average molecular weight is 383 g/mol. The van der Waals surface area contributed by atoms with E-state index in [4.69, 9.17) is 4.74 Å². The Kier molecular flexibility index (Phi) is 6.69. The van der Waals surface area contributed by atoms with Crippen LogP contribution in [-0.4, -0.2) is 45.0 Å². The molecule has 0 bridgehead atoms. The first-order valence-electron chi connectivity index (χ1n) is 9.17. The van der Waals surface area contributed by atoms with Crippen LogP contribution in [0.15, 0.2) is 23.1 Å². The molecule has 0 radical (unpaired) electrons. The van der Waals surface area contributed by atoms with Crippen LogP contribution in [-0.2, 0) is 10.0 Å². The molecule has 7 heteroatoms. The van der Waals surface area contributed by atoms with Gasteiger partial charge in [0.15, 0.2) is 0 Å². The van der Waals surface area contributed by atoms with Gasteiger partial charge >= 0.3 is 0 Å². The molecule has 6 nitrogen and oxygen atoms in total. The number of carbonyl (C=O) groups excluding carboxylic acids is 1. The standard InChI is InChI=1S/C19H30N2O4S/c1-13(2)10-11-21(16-7-8-16)19(22)15-6-9-17(25-5)18(12-15)26(23,24)20-14(3)4/h6,9,12-14,16,20H,7-8,10-11H2,1-5H3. The van der Waals surface area contributed by atoms with E-state index in [1.54, 1.807) is 26.0 Å². The zero-order valence-corrected chi connectivity index (χ0v) is 17.1. The summed E-state index contributed by atoms with van der Waals surface area (Å²) in [4.78, 5) is 14.9. The van der Waals surface area contributed by atoms with Crippen molar-refractivity contribution in [1.82, 2.24) is 9.62 Å². The molecule has 1 aromatic rings. The van der Waals surface area contributed by atoms with Gasteiger partial charge in [-0.3, -0.25) is 4.79 Å². The number of hydrogen-bond donors (Lipinski definition) is 1. The van der Waals surface area contributed by atoms with Crippen molar-refractivity contribution in [2.24, 2.45) is 5.92 Å². The third-order valence-electron chi connectivity index (χ3n) is 4.29. The predicted octanol–water partition coefficient (Wildman–Crippen LogP) is 3.03. The van der Waals surface area contributed by atoms with Crippen LogP contribution in [0.25, 0.3) is 0 Å². The summed E-state index contributed by atoms with van der Waals surface area (Å²) in [5.74, 6) is 0.623. The fraction of sp³-hybridized carbons (Fsp3) is 0.632. The van der Waals surface area contributed by atoms with Crippen molar-refractivity contribution in [3.63, 3.8) is 0 Å². The molecule has 146 valence electrons. The van der Waals surface area contributed by atoms with Gasteiger partial charge in [-0.05, 0) is 57.2 Å². The van der Waals surface area contributed by atoms with E-state index in [2.05, 4.69) is 18.6 Å². The highest BCUT2D eigenvalue weighted by Crippen LogP contribution is 2.31. The fourth-order valence-corrected chi connectivity index (χ4v) is 4.24. The Morgan fingerprint density at radius 3 is 2.42 bits per heavy atom. The summed E-state index contributed by atoms with van der Waals surface area (Å²) >= 11 is 0. The van der Waals surface area contributed by atoms with Crippen molar-refractivity contribution in [3.05, 3.63) is 23.8 Å².